The van der Waals surface area contributed by atoms with E-state index >= 15 is 0 Å². The van der Waals surface area contributed by atoms with Crippen LogP contribution >= 0.6 is 0 Å². The molecule has 0 spiro atoms. The third-order valence-corrected chi connectivity index (χ3v) is 2.97. The molecule has 1 amide bonds. The molecule has 0 aromatic carbocycles. The quantitative estimate of drug-likeness (QED) is 0.876. The summed E-state index contributed by atoms with van der Waals surface area (Å²) in [7, 11) is 0. The summed E-state index contributed by atoms with van der Waals surface area (Å²) in [4.78, 5) is 22.4. The first-order valence-corrected chi connectivity index (χ1v) is 6.52. The molecule has 5 heteroatoms. The number of hydrogen-bond donors (Lipinski definition) is 1. The number of nitrogens with one attached hydrogen (secondary N) is 1. The van der Waals surface area contributed by atoms with E-state index in [1.54, 1.807) is 12.4 Å². The molecular formula is C13H20N4O. The monoisotopic (exact) mass is 248 g/mol. The van der Waals surface area contributed by atoms with Crippen LogP contribution in [0.1, 0.15) is 37.2 Å². The van der Waals surface area contributed by atoms with Gasteiger partial charge in [0, 0.05) is 19.6 Å². The standard InChI is InChI=1S/C13H20N4O/c1-10(2)7-16-13(18)11-8-15-12(9-14-11)17-5-3-4-6-17/h8-10H,3-7H2,1-2H3,(H,16,18). The predicted octanol–water partition coefficient (Wildman–Crippen LogP) is 1.46. The van der Waals surface area contributed by atoms with Gasteiger partial charge in [0.15, 0.2) is 0 Å². The summed E-state index contributed by atoms with van der Waals surface area (Å²) in [6, 6.07) is 0. The molecule has 1 aromatic heterocycles. The number of amides is 1. The van der Waals surface area contributed by atoms with Gasteiger partial charge >= 0.3 is 0 Å². The number of carbonyl (C=O) groups is 1. The van der Waals surface area contributed by atoms with Gasteiger partial charge in [0.1, 0.15) is 11.5 Å². The predicted molar refractivity (Wildman–Crippen MR) is 70.7 cm³/mol. The molecule has 2 rings (SSSR count). The summed E-state index contributed by atoms with van der Waals surface area (Å²) in [5.41, 5.74) is 0.388. The number of nitrogens with zero attached hydrogens (tertiary/aromatic N) is 3. The van der Waals surface area contributed by atoms with E-state index in [-0.39, 0.29) is 5.91 Å². The summed E-state index contributed by atoms with van der Waals surface area (Å²) in [6.07, 6.45) is 5.66. The second kappa shape index (κ2) is 5.80. The normalized spacial score (nSPS) is 15.2. The highest BCUT2D eigenvalue weighted by Gasteiger charge is 2.15. The highest BCUT2D eigenvalue weighted by atomic mass is 16.1. The molecular weight excluding hydrogens is 228 g/mol. The Morgan fingerprint density at radius 3 is 2.61 bits per heavy atom. The van der Waals surface area contributed by atoms with E-state index in [0.29, 0.717) is 18.2 Å². The van der Waals surface area contributed by atoms with Crippen molar-refractivity contribution >= 4 is 11.7 Å². The zero-order chi connectivity index (χ0) is 13.0. The molecule has 1 saturated heterocycles. The fraction of sp³-hybridized carbons (Fsp3) is 0.615. The Kier molecular flexibility index (Phi) is 4.12. The van der Waals surface area contributed by atoms with E-state index in [1.165, 1.54) is 12.8 Å². The fourth-order valence-electron chi connectivity index (χ4n) is 1.94. The van der Waals surface area contributed by atoms with Crippen LogP contribution in [0.15, 0.2) is 12.4 Å². The lowest BCUT2D eigenvalue weighted by Crippen LogP contribution is -2.28. The molecule has 18 heavy (non-hydrogen) atoms. The maximum atomic E-state index is 11.8. The highest BCUT2D eigenvalue weighted by Crippen LogP contribution is 2.16. The number of carbonyl (C=O) groups excluding carboxylic acids is 1. The van der Waals surface area contributed by atoms with Gasteiger partial charge in [0.05, 0.1) is 12.4 Å². The molecule has 1 aromatic rings. The Morgan fingerprint density at radius 1 is 1.33 bits per heavy atom. The zero-order valence-corrected chi connectivity index (χ0v) is 11.0. The summed E-state index contributed by atoms with van der Waals surface area (Å²) in [5.74, 6) is 1.16. The Morgan fingerprint density at radius 2 is 2.06 bits per heavy atom. The van der Waals surface area contributed by atoms with Crippen LogP contribution in [0.25, 0.3) is 0 Å². The Hall–Kier alpha value is -1.65. The molecule has 1 aliphatic heterocycles. The first-order valence-electron chi connectivity index (χ1n) is 6.52. The van der Waals surface area contributed by atoms with Crippen molar-refractivity contribution < 1.29 is 4.79 Å². The molecule has 0 atom stereocenters. The van der Waals surface area contributed by atoms with Crippen LogP contribution in [-0.2, 0) is 0 Å². The van der Waals surface area contributed by atoms with Crippen molar-refractivity contribution in [1.29, 1.82) is 0 Å². The van der Waals surface area contributed by atoms with Gasteiger partial charge in [-0.1, -0.05) is 13.8 Å². The molecule has 0 unspecified atom stereocenters. The Bertz CT molecular complexity index is 396. The molecule has 98 valence electrons. The van der Waals surface area contributed by atoms with Gasteiger partial charge in [-0.15, -0.1) is 0 Å². The average Bonchev–Trinajstić information content (AvgIpc) is 2.90. The number of rotatable bonds is 4. The van der Waals surface area contributed by atoms with Crippen molar-refractivity contribution in [3.8, 4) is 0 Å². The molecule has 0 bridgehead atoms. The van der Waals surface area contributed by atoms with E-state index in [4.69, 9.17) is 0 Å². The SMILES string of the molecule is CC(C)CNC(=O)c1cnc(N2CCCC2)cn1. The number of anilines is 1. The molecule has 2 heterocycles. The van der Waals surface area contributed by atoms with E-state index in [1.807, 2.05) is 0 Å². The van der Waals surface area contributed by atoms with Crippen molar-refractivity contribution in [1.82, 2.24) is 15.3 Å². The van der Waals surface area contributed by atoms with Crippen molar-refractivity contribution in [2.75, 3.05) is 24.5 Å². The summed E-state index contributed by atoms with van der Waals surface area (Å²) in [5, 5.41) is 2.83. The van der Waals surface area contributed by atoms with Crippen molar-refractivity contribution in [3.05, 3.63) is 18.1 Å². The van der Waals surface area contributed by atoms with Gasteiger partial charge in [0.2, 0.25) is 0 Å². The summed E-state index contributed by atoms with van der Waals surface area (Å²) in [6.45, 7) is 6.85. The van der Waals surface area contributed by atoms with Gasteiger partial charge in [-0.2, -0.15) is 0 Å². The number of aromatic nitrogens is 2. The first kappa shape index (κ1) is 12.8. The first-order chi connectivity index (χ1) is 8.66. The minimum Gasteiger partial charge on any atom is -0.355 e. The summed E-state index contributed by atoms with van der Waals surface area (Å²) >= 11 is 0. The van der Waals surface area contributed by atoms with Crippen LogP contribution in [0.2, 0.25) is 0 Å². The van der Waals surface area contributed by atoms with Gasteiger partial charge in [-0.25, -0.2) is 9.97 Å². The van der Waals surface area contributed by atoms with Crippen LogP contribution in [0, 0.1) is 5.92 Å². The lowest BCUT2D eigenvalue weighted by atomic mass is 10.2. The minimum absolute atomic E-state index is 0.149. The fourth-order valence-corrected chi connectivity index (χ4v) is 1.94. The highest BCUT2D eigenvalue weighted by molar-refractivity contribution is 5.91. The van der Waals surface area contributed by atoms with Crippen molar-refractivity contribution in [2.45, 2.75) is 26.7 Å². The van der Waals surface area contributed by atoms with Gasteiger partial charge in [0.25, 0.3) is 5.91 Å². The van der Waals surface area contributed by atoms with Crippen LogP contribution in [0.3, 0.4) is 0 Å². The van der Waals surface area contributed by atoms with Crippen molar-refractivity contribution in [2.24, 2.45) is 5.92 Å². The van der Waals surface area contributed by atoms with Crippen LogP contribution in [0.4, 0.5) is 5.82 Å². The zero-order valence-electron chi connectivity index (χ0n) is 11.0. The molecule has 0 aliphatic carbocycles. The topological polar surface area (TPSA) is 58.1 Å². The van der Waals surface area contributed by atoms with E-state index in [9.17, 15) is 4.79 Å². The lowest BCUT2D eigenvalue weighted by molar-refractivity contribution is 0.0943. The van der Waals surface area contributed by atoms with Gasteiger partial charge < -0.3 is 10.2 Å². The Balaban J connectivity index is 1.96. The van der Waals surface area contributed by atoms with Crippen LogP contribution in [-0.4, -0.2) is 35.5 Å². The third-order valence-electron chi connectivity index (χ3n) is 2.97. The van der Waals surface area contributed by atoms with Gasteiger partial charge in [-0.05, 0) is 18.8 Å². The number of hydrogen-bond acceptors (Lipinski definition) is 4. The molecule has 0 radical (unpaired) electrons. The second-order valence-corrected chi connectivity index (χ2v) is 5.06. The largest absolute Gasteiger partial charge is 0.355 e. The van der Waals surface area contributed by atoms with Crippen LogP contribution in [0.5, 0.6) is 0 Å². The molecule has 1 N–H and O–H groups in total. The maximum Gasteiger partial charge on any atom is 0.271 e. The third kappa shape index (κ3) is 3.18. The smallest absolute Gasteiger partial charge is 0.271 e. The lowest BCUT2D eigenvalue weighted by Gasteiger charge is -2.15. The summed E-state index contributed by atoms with van der Waals surface area (Å²) < 4.78 is 0. The van der Waals surface area contributed by atoms with Gasteiger partial charge in [-0.3, -0.25) is 4.79 Å². The molecule has 5 nitrogen and oxygen atoms in total. The van der Waals surface area contributed by atoms with E-state index in [0.717, 1.165) is 18.9 Å². The Labute approximate surface area is 108 Å². The van der Waals surface area contributed by atoms with E-state index in [2.05, 4.69) is 34.0 Å². The average molecular weight is 248 g/mol. The van der Waals surface area contributed by atoms with Crippen molar-refractivity contribution in [3.63, 3.8) is 0 Å². The van der Waals surface area contributed by atoms with Crippen LogP contribution < -0.4 is 10.2 Å². The van der Waals surface area contributed by atoms with E-state index < -0.39 is 0 Å². The second-order valence-electron chi connectivity index (χ2n) is 5.06. The maximum absolute atomic E-state index is 11.8. The molecule has 1 aliphatic rings. The molecule has 0 saturated carbocycles. The molecule has 1 fully saturated rings. The minimum atomic E-state index is -0.149.